The molecule has 0 spiro atoms. The van der Waals surface area contributed by atoms with Crippen LogP contribution in [0.25, 0.3) is 0 Å². The average molecular weight is 315 g/mol. The van der Waals surface area contributed by atoms with Crippen LogP contribution in [-0.4, -0.2) is 38.3 Å². The van der Waals surface area contributed by atoms with Gasteiger partial charge in [0.15, 0.2) is 4.90 Å². The zero-order valence-electron chi connectivity index (χ0n) is 12.9. The van der Waals surface area contributed by atoms with Gasteiger partial charge < -0.3 is 5.32 Å². The Morgan fingerprint density at radius 1 is 1.33 bits per heavy atom. The largest absolute Gasteiger partial charge is 0.388 e. The Balaban J connectivity index is 3.34. The molecule has 0 saturated carbocycles. The molecular weight excluding hydrogens is 294 g/mol. The number of nitrogens with zero attached hydrogens (tertiary/aromatic N) is 2. The van der Waals surface area contributed by atoms with E-state index in [-0.39, 0.29) is 16.9 Å². The van der Waals surface area contributed by atoms with Crippen molar-refractivity contribution >= 4 is 21.4 Å². The van der Waals surface area contributed by atoms with Crippen LogP contribution in [0.15, 0.2) is 23.1 Å². The van der Waals surface area contributed by atoms with E-state index in [1.54, 1.807) is 7.05 Å². The highest BCUT2D eigenvalue weighted by Gasteiger charge is 2.31. The molecule has 1 rings (SSSR count). The average Bonchev–Trinajstić information content (AvgIpc) is 2.35. The molecule has 0 aromatic heterocycles. The highest BCUT2D eigenvalue weighted by atomic mass is 32.2. The van der Waals surface area contributed by atoms with Gasteiger partial charge >= 0.3 is 0 Å². The van der Waals surface area contributed by atoms with Gasteiger partial charge in [-0.1, -0.05) is 20.8 Å². The van der Waals surface area contributed by atoms with E-state index in [1.807, 2.05) is 20.8 Å². The number of nitro benzene ring substituents is 1. The summed E-state index contributed by atoms with van der Waals surface area (Å²) in [4.78, 5) is 10.2. The van der Waals surface area contributed by atoms with Gasteiger partial charge in [-0.25, -0.2) is 12.7 Å². The second-order valence-electron chi connectivity index (χ2n) is 6.01. The third-order valence-corrected chi connectivity index (χ3v) is 4.68. The van der Waals surface area contributed by atoms with Gasteiger partial charge in [-0.2, -0.15) is 0 Å². The SMILES string of the molecule is CNc1ccc(S(=O)(=O)N(C)CC(C)(C)C)c([N+](=O)[O-])c1. The van der Waals surface area contributed by atoms with Crippen molar-refractivity contribution in [2.75, 3.05) is 26.0 Å². The predicted molar refractivity (Wildman–Crippen MR) is 81.9 cm³/mol. The number of sulfonamides is 1. The fourth-order valence-electron chi connectivity index (χ4n) is 1.95. The fourth-order valence-corrected chi connectivity index (χ4v) is 3.49. The van der Waals surface area contributed by atoms with Gasteiger partial charge in [0.2, 0.25) is 10.0 Å². The maximum atomic E-state index is 12.5. The molecule has 0 aliphatic heterocycles. The minimum atomic E-state index is -3.91. The summed E-state index contributed by atoms with van der Waals surface area (Å²) in [5.41, 5.74) is -0.191. The van der Waals surface area contributed by atoms with Crippen molar-refractivity contribution in [3.63, 3.8) is 0 Å². The van der Waals surface area contributed by atoms with E-state index in [2.05, 4.69) is 5.32 Å². The molecule has 0 fully saturated rings. The van der Waals surface area contributed by atoms with Gasteiger partial charge in [0.25, 0.3) is 5.69 Å². The van der Waals surface area contributed by atoms with Crippen LogP contribution in [-0.2, 0) is 10.0 Å². The third kappa shape index (κ3) is 4.15. The second kappa shape index (κ2) is 5.98. The zero-order valence-corrected chi connectivity index (χ0v) is 13.7. The minimum Gasteiger partial charge on any atom is -0.388 e. The number of nitrogens with one attached hydrogen (secondary N) is 1. The van der Waals surface area contributed by atoms with Crippen molar-refractivity contribution in [1.29, 1.82) is 0 Å². The molecule has 21 heavy (non-hydrogen) atoms. The van der Waals surface area contributed by atoms with E-state index in [1.165, 1.54) is 25.2 Å². The maximum Gasteiger partial charge on any atom is 0.291 e. The van der Waals surface area contributed by atoms with Crippen molar-refractivity contribution in [2.24, 2.45) is 5.41 Å². The molecule has 7 nitrogen and oxygen atoms in total. The number of nitro groups is 1. The quantitative estimate of drug-likeness (QED) is 0.665. The number of benzene rings is 1. The van der Waals surface area contributed by atoms with Gasteiger partial charge in [-0.05, 0) is 17.5 Å². The van der Waals surface area contributed by atoms with Crippen molar-refractivity contribution < 1.29 is 13.3 Å². The Hall–Kier alpha value is -1.67. The van der Waals surface area contributed by atoms with Crippen LogP contribution in [0.5, 0.6) is 0 Å². The second-order valence-corrected chi connectivity index (χ2v) is 8.02. The van der Waals surface area contributed by atoms with E-state index in [4.69, 9.17) is 0 Å². The monoisotopic (exact) mass is 315 g/mol. The molecule has 0 heterocycles. The number of hydrogen-bond acceptors (Lipinski definition) is 5. The maximum absolute atomic E-state index is 12.5. The molecule has 0 aliphatic carbocycles. The first-order valence-corrected chi connectivity index (χ1v) is 7.85. The van der Waals surface area contributed by atoms with Crippen molar-refractivity contribution in [2.45, 2.75) is 25.7 Å². The highest BCUT2D eigenvalue weighted by Crippen LogP contribution is 2.30. The molecule has 0 saturated heterocycles. The first-order valence-electron chi connectivity index (χ1n) is 6.41. The van der Waals surface area contributed by atoms with Crippen LogP contribution in [0.1, 0.15) is 20.8 Å². The van der Waals surface area contributed by atoms with Crippen LogP contribution in [0.3, 0.4) is 0 Å². The summed E-state index contributed by atoms with van der Waals surface area (Å²) >= 11 is 0. The molecule has 1 aromatic rings. The fraction of sp³-hybridized carbons (Fsp3) is 0.538. The van der Waals surface area contributed by atoms with Gasteiger partial charge in [0.05, 0.1) is 4.92 Å². The number of hydrogen-bond donors (Lipinski definition) is 1. The third-order valence-electron chi connectivity index (χ3n) is 2.83. The Kier molecular flexibility index (Phi) is 4.95. The molecule has 0 atom stereocenters. The van der Waals surface area contributed by atoms with E-state index >= 15 is 0 Å². The minimum absolute atomic E-state index is 0.248. The molecule has 1 aromatic carbocycles. The lowest BCUT2D eigenvalue weighted by molar-refractivity contribution is -0.387. The standard InChI is InChI=1S/C13H21N3O4S/c1-13(2,3)9-15(5)21(19,20)12-7-6-10(14-4)8-11(12)16(17)18/h6-8,14H,9H2,1-5H3. The Morgan fingerprint density at radius 2 is 1.90 bits per heavy atom. The van der Waals surface area contributed by atoms with Gasteiger partial charge in [-0.15, -0.1) is 0 Å². The molecule has 0 aliphatic rings. The summed E-state index contributed by atoms with van der Waals surface area (Å²) in [6.45, 7) is 5.97. The van der Waals surface area contributed by atoms with Gasteiger partial charge in [-0.3, -0.25) is 10.1 Å². The molecule has 0 unspecified atom stereocenters. The molecule has 0 radical (unpaired) electrons. The summed E-state index contributed by atoms with van der Waals surface area (Å²) in [7, 11) is -0.872. The number of rotatable bonds is 5. The zero-order chi connectivity index (χ0) is 16.4. The summed E-state index contributed by atoms with van der Waals surface area (Å²) < 4.78 is 26.2. The lowest BCUT2D eigenvalue weighted by Crippen LogP contribution is -2.34. The van der Waals surface area contributed by atoms with Gasteiger partial charge in [0.1, 0.15) is 0 Å². The highest BCUT2D eigenvalue weighted by molar-refractivity contribution is 7.89. The van der Waals surface area contributed by atoms with E-state index in [9.17, 15) is 18.5 Å². The molecule has 1 N–H and O–H groups in total. The summed E-state index contributed by atoms with van der Waals surface area (Å²) in [6.07, 6.45) is 0. The molecular formula is C13H21N3O4S. The Morgan fingerprint density at radius 3 is 2.33 bits per heavy atom. The normalized spacial score (nSPS) is 12.5. The Labute approximate surface area is 125 Å². The van der Waals surface area contributed by atoms with Crippen molar-refractivity contribution in [3.8, 4) is 0 Å². The predicted octanol–water partition coefficient (Wildman–Crippen LogP) is 2.30. The van der Waals surface area contributed by atoms with Crippen LogP contribution >= 0.6 is 0 Å². The first-order chi connectivity index (χ1) is 9.49. The molecule has 8 heteroatoms. The van der Waals surface area contributed by atoms with Crippen LogP contribution < -0.4 is 5.32 Å². The smallest absolute Gasteiger partial charge is 0.291 e. The van der Waals surface area contributed by atoms with Crippen molar-refractivity contribution in [3.05, 3.63) is 28.3 Å². The summed E-state index contributed by atoms with van der Waals surface area (Å²) in [5.74, 6) is 0. The molecule has 0 amide bonds. The number of anilines is 1. The molecule has 0 bridgehead atoms. The van der Waals surface area contributed by atoms with Crippen molar-refractivity contribution in [1.82, 2.24) is 4.31 Å². The molecule has 118 valence electrons. The summed E-state index contributed by atoms with van der Waals surface area (Å²) in [5, 5.41) is 13.9. The van der Waals surface area contributed by atoms with E-state index in [0.29, 0.717) is 5.69 Å². The van der Waals surface area contributed by atoms with E-state index in [0.717, 1.165) is 4.31 Å². The topological polar surface area (TPSA) is 92.6 Å². The first kappa shape index (κ1) is 17.4. The van der Waals surface area contributed by atoms with Crippen LogP contribution in [0.2, 0.25) is 0 Å². The van der Waals surface area contributed by atoms with E-state index < -0.39 is 20.6 Å². The Bertz CT molecular complexity index is 635. The van der Waals surface area contributed by atoms with Crippen LogP contribution in [0, 0.1) is 15.5 Å². The lowest BCUT2D eigenvalue weighted by atomic mass is 9.97. The summed E-state index contributed by atoms with van der Waals surface area (Å²) in [6, 6.07) is 3.99. The lowest BCUT2D eigenvalue weighted by Gasteiger charge is -2.26. The van der Waals surface area contributed by atoms with Gasteiger partial charge in [0, 0.05) is 32.4 Å². The van der Waals surface area contributed by atoms with Crippen LogP contribution in [0.4, 0.5) is 11.4 Å².